The Morgan fingerprint density at radius 2 is 1.95 bits per heavy atom. The molecule has 0 radical (unpaired) electrons. The lowest BCUT2D eigenvalue weighted by Crippen LogP contribution is -2.41. The molecular weight excluding hydrogens is 284 g/mol. The Labute approximate surface area is 120 Å². The molecular formula is C13H21ClN2O2S. The van der Waals surface area contributed by atoms with Crippen molar-refractivity contribution in [2.24, 2.45) is 11.1 Å². The van der Waals surface area contributed by atoms with Gasteiger partial charge in [0, 0.05) is 12.6 Å². The Kier molecular flexibility index (Phi) is 5.01. The summed E-state index contributed by atoms with van der Waals surface area (Å²) in [6.07, 6.45) is 0. The summed E-state index contributed by atoms with van der Waals surface area (Å²) in [5.74, 6) is 0. The number of hydrogen-bond acceptors (Lipinski definition) is 3. The molecule has 0 amide bonds. The molecule has 1 rings (SSSR count). The maximum Gasteiger partial charge on any atom is 0.242 e. The minimum absolute atomic E-state index is 0.0771. The highest BCUT2D eigenvalue weighted by Crippen LogP contribution is 2.25. The van der Waals surface area contributed by atoms with Crippen molar-refractivity contribution in [3.8, 4) is 0 Å². The van der Waals surface area contributed by atoms with Crippen LogP contribution >= 0.6 is 11.6 Å². The second-order valence-electron chi connectivity index (χ2n) is 5.68. The Morgan fingerprint density at radius 1 is 1.37 bits per heavy atom. The Hall–Kier alpha value is -0.620. The second-order valence-corrected chi connectivity index (χ2v) is 7.77. The lowest BCUT2D eigenvalue weighted by molar-refractivity contribution is 0.317. The van der Waals surface area contributed by atoms with E-state index in [0.29, 0.717) is 0 Å². The zero-order valence-electron chi connectivity index (χ0n) is 11.7. The Balaban J connectivity index is 3.14. The summed E-state index contributed by atoms with van der Waals surface area (Å²) < 4.78 is 27.3. The molecule has 0 aliphatic carbocycles. The number of nitrogens with one attached hydrogen (secondary N) is 1. The van der Waals surface area contributed by atoms with Gasteiger partial charge in [-0.2, -0.15) is 0 Å². The monoisotopic (exact) mass is 304 g/mol. The van der Waals surface area contributed by atoms with E-state index in [1.54, 1.807) is 12.1 Å². The number of halogens is 1. The van der Waals surface area contributed by atoms with E-state index in [4.69, 9.17) is 17.3 Å². The van der Waals surface area contributed by atoms with Crippen LogP contribution in [0.4, 0.5) is 0 Å². The molecule has 1 aromatic rings. The number of hydrogen-bond donors (Lipinski definition) is 2. The number of rotatable bonds is 4. The lowest BCUT2D eigenvalue weighted by atomic mass is 9.89. The third-order valence-corrected chi connectivity index (χ3v) is 5.17. The first-order valence-corrected chi connectivity index (χ1v) is 7.95. The standard InChI is InChI=1S/C13H21ClN2O2S/c1-9(13(2,3)4)16-19(17,18)12-7-10(8-15)5-6-11(12)14/h5-7,9,16H,8,15H2,1-4H3. The first-order valence-electron chi connectivity index (χ1n) is 6.09. The van der Waals surface area contributed by atoms with E-state index in [2.05, 4.69) is 4.72 Å². The Morgan fingerprint density at radius 3 is 2.42 bits per heavy atom. The SMILES string of the molecule is CC(NS(=O)(=O)c1cc(CN)ccc1Cl)C(C)(C)C. The van der Waals surface area contributed by atoms with E-state index < -0.39 is 10.0 Å². The average Bonchev–Trinajstić information content (AvgIpc) is 2.27. The van der Waals surface area contributed by atoms with Gasteiger partial charge >= 0.3 is 0 Å². The quantitative estimate of drug-likeness (QED) is 0.897. The fourth-order valence-corrected chi connectivity index (χ4v) is 3.35. The molecule has 0 aromatic heterocycles. The van der Waals surface area contributed by atoms with Crippen molar-refractivity contribution in [1.29, 1.82) is 0 Å². The van der Waals surface area contributed by atoms with Gasteiger partial charge in [0.2, 0.25) is 10.0 Å². The molecule has 108 valence electrons. The lowest BCUT2D eigenvalue weighted by Gasteiger charge is -2.28. The normalized spacial score (nSPS) is 14.4. The number of benzene rings is 1. The van der Waals surface area contributed by atoms with Crippen LogP contribution in [0.3, 0.4) is 0 Å². The van der Waals surface area contributed by atoms with Gasteiger partial charge in [0.1, 0.15) is 4.90 Å². The molecule has 1 atom stereocenters. The van der Waals surface area contributed by atoms with E-state index in [-0.39, 0.29) is 27.9 Å². The molecule has 0 aliphatic heterocycles. The van der Waals surface area contributed by atoms with Crippen molar-refractivity contribution < 1.29 is 8.42 Å². The van der Waals surface area contributed by atoms with Crippen molar-refractivity contribution in [2.45, 2.75) is 45.2 Å². The zero-order chi connectivity index (χ0) is 14.8. The molecule has 19 heavy (non-hydrogen) atoms. The third-order valence-electron chi connectivity index (χ3n) is 3.15. The third kappa shape index (κ3) is 4.18. The van der Waals surface area contributed by atoms with Crippen molar-refractivity contribution in [2.75, 3.05) is 0 Å². The van der Waals surface area contributed by atoms with E-state index in [0.717, 1.165) is 5.56 Å². The first kappa shape index (κ1) is 16.4. The fourth-order valence-electron chi connectivity index (χ4n) is 1.35. The summed E-state index contributed by atoms with van der Waals surface area (Å²) in [6.45, 7) is 8.01. The van der Waals surface area contributed by atoms with Gasteiger partial charge in [-0.25, -0.2) is 13.1 Å². The van der Waals surface area contributed by atoms with Crippen LogP contribution in [0, 0.1) is 5.41 Å². The zero-order valence-corrected chi connectivity index (χ0v) is 13.3. The molecule has 0 saturated carbocycles. The van der Waals surface area contributed by atoms with E-state index >= 15 is 0 Å². The van der Waals surface area contributed by atoms with Gasteiger partial charge in [-0.15, -0.1) is 0 Å². The van der Waals surface area contributed by atoms with Gasteiger partial charge < -0.3 is 5.73 Å². The van der Waals surface area contributed by atoms with Crippen LogP contribution in [0.25, 0.3) is 0 Å². The van der Waals surface area contributed by atoms with Crippen molar-refractivity contribution in [1.82, 2.24) is 4.72 Å². The summed E-state index contributed by atoms with van der Waals surface area (Å²) in [7, 11) is -3.64. The number of nitrogens with two attached hydrogens (primary N) is 1. The molecule has 3 N–H and O–H groups in total. The predicted octanol–water partition coefficient (Wildman–Crippen LogP) is 2.51. The van der Waals surface area contributed by atoms with Crippen LogP contribution in [0.1, 0.15) is 33.3 Å². The van der Waals surface area contributed by atoms with Crippen LogP contribution in [0.2, 0.25) is 5.02 Å². The molecule has 0 fully saturated rings. The molecule has 1 unspecified atom stereocenters. The largest absolute Gasteiger partial charge is 0.326 e. The van der Waals surface area contributed by atoms with Crippen LogP contribution in [0.15, 0.2) is 23.1 Å². The Bertz CT molecular complexity index is 550. The van der Waals surface area contributed by atoms with Gasteiger partial charge in [-0.1, -0.05) is 38.4 Å². The van der Waals surface area contributed by atoms with Crippen LogP contribution in [-0.4, -0.2) is 14.5 Å². The summed E-state index contributed by atoms with van der Waals surface area (Å²) >= 11 is 5.98. The highest BCUT2D eigenvalue weighted by molar-refractivity contribution is 7.89. The van der Waals surface area contributed by atoms with Gasteiger partial charge in [-0.3, -0.25) is 0 Å². The highest BCUT2D eigenvalue weighted by atomic mass is 35.5. The van der Waals surface area contributed by atoms with E-state index in [1.807, 2.05) is 27.7 Å². The number of sulfonamides is 1. The molecule has 0 aliphatic rings. The summed E-state index contributed by atoms with van der Waals surface area (Å²) in [5.41, 5.74) is 6.08. The van der Waals surface area contributed by atoms with Gasteiger partial charge in [0.25, 0.3) is 0 Å². The maximum absolute atomic E-state index is 12.3. The van der Waals surface area contributed by atoms with Gasteiger partial charge in [0.15, 0.2) is 0 Å². The van der Waals surface area contributed by atoms with Crippen molar-refractivity contribution >= 4 is 21.6 Å². The average molecular weight is 305 g/mol. The van der Waals surface area contributed by atoms with Crippen LogP contribution < -0.4 is 10.5 Å². The summed E-state index contributed by atoms with van der Waals surface area (Å²) in [4.78, 5) is 0.0771. The highest BCUT2D eigenvalue weighted by Gasteiger charge is 2.27. The molecule has 1 aromatic carbocycles. The molecule has 0 heterocycles. The van der Waals surface area contributed by atoms with Crippen molar-refractivity contribution in [3.63, 3.8) is 0 Å². The molecule has 0 bridgehead atoms. The predicted molar refractivity (Wildman–Crippen MR) is 78.6 cm³/mol. The molecule has 0 spiro atoms. The van der Waals surface area contributed by atoms with E-state index in [1.165, 1.54) is 6.07 Å². The topological polar surface area (TPSA) is 72.2 Å². The van der Waals surface area contributed by atoms with Crippen molar-refractivity contribution in [3.05, 3.63) is 28.8 Å². The summed E-state index contributed by atoms with van der Waals surface area (Å²) in [5, 5.41) is 0.200. The molecule has 0 saturated heterocycles. The van der Waals surface area contributed by atoms with Crippen LogP contribution in [-0.2, 0) is 16.6 Å². The van der Waals surface area contributed by atoms with Crippen LogP contribution in [0.5, 0.6) is 0 Å². The smallest absolute Gasteiger partial charge is 0.242 e. The summed E-state index contributed by atoms with van der Waals surface area (Å²) in [6, 6.07) is 4.57. The fraction of sp³-hybridized carbons (Fsp3) is 0.538. The minimum Gasteiger partial charge on any atom is -0.326 e. The van der Waals surface area contributed by atoms with E-state index in [9.17, 15) is 8.42 Å². The second kappa shape index (κ2) is 5.79. The molecule has 4 nitrogen and oxygen atoms in total. The van der Waals surface area contributed by atoms with Gasteiger partial charge in [0.05, 0.1) is 5.02 Å². The molecule has 6 heteroatoms. The minimum atomic E-state index is -3.64. The van der Waals surface area contributed by atoms with Gasteiger partial charge in [-0.05, 0) is 30.0 Å². The maximum atomic E-state index is 12.3. The first-order chi connectivity index (χ1) is 8.58.